The van der Waals surface area contributed by atoms with Crippen molar-refractivity contribution in [2.75, 3.05) is 13.2 Å². The number of hydrogen-bond acceptors (Lipinski definition) is 4. The van der Waals surface area contributed by atoms with Gasteiger partial charge in [0.25, 0.3) is 0 Å². The molecule has 6 nitrogen and oxygen atoms in total. The van der Waals surface area contributed by atoms with Crippen LogP contribution in [0, 0.1) is 0 Å². The van der Waals surface area contributed by atoms with Crippen molar-refractivity contribution < 1.29 is 19.1 Å². The van der Waals surface area contributed by atoms with E-state index in [1.807, 2.05) is 0 Å². The van der Waals surface area contributed by atoms with Crippen molar-refractivity contribution in [1.29, 1.82) is 0 Å². The summed E-state index contributed by atoms with van der Waals surface area (Å²) < 4.78 is 5.13. The Morgan fingerprint density at radius 1 is 0.618 bits per heavy atom. The lowest BCUT2D eigenvalue weighted by Crippen LogP contribution is -2.41. The van der Waals surface area contributed by atoms with Gasteiger partial charge in [0.1, 0.15) is 6.04 Å². The van der Waals surface area contributed by atoms with Gasteiger partial charge in [0.2, 0.25) is 11.8 Å². The fourth-order valence-corrected chi connectivity index (χ4v) is 4.03. The molecule has 0 aromatic rings. The lowest BCUT2D eigenvalue weighted by atomic mass is 10.1. The molecule has 0 aliphatic carbocycles. The van der Waals surface area contributed by atoms with Gasteiger partial charge in [-0.3, -0.25) is 9.59 Å². The Morgan fingerprint density at radius 3 is 1.65 bits per heavy atom. The first kappa shape index (κ1) is 32.4. The molecule has 6 heteroatoms. The summed E-state index contributed by atoms with van der Waals surface area (Å²) in [5.41, 5.74) is 0. The average Bonchev–Trinajstić information content (AvgIpc) is 2.82. The number of carbonyl (C=O) groups is 3. The van der Waals surface area contributed by atoms with E-state index in [0.29, 0.717) is 32.4 Å². The largest absolute Gasteiger partial charge is 0.464 e. The molecule has 0 bridgehead atoms. The number of rotatable bonds is 24. The van der Waals surface area contributed by atoms with E-state index in [4.69, 9.17) is 4.74 Å². The van der Waals surface area contributed by atoms with Crippen LogP contribution in [0.2, 0.25) is 0 Å². The van der Waals surface area contributed by atoms with E-state index in [0.717, 1.165) is 44.9 Å². The number of amides is 2. The molecule has 0 saturated carbocycles. The Labute approximate surface area is 209 Å². The van der Waals surface area contributed by atoms with E-state index in [2.05, 4.69) is 24.5 Å². The Morgan fingerprint density at radius 2 is 1.12 bits per heavy atom. The van der Waals surface area contributed by atoms with E-state index in [9.17, 15) is 14.4 Å². The first-order valence-corrected chi connectivity index (χ1v) is 14.3. The van der Waals surface area contributed by atoms with Gasteiger partial charge in [-0.05, 0) is 39.0 Å². The second-order valence-electron chi connectivity index (χ2n) is 9.46. The third kappa shape index (κ3) is 21.0. The number of carbonyl (C=O) groups excluding carboxylic acids is 3. The molecule has 34 heavy (non-hydrogen) atoms. The van der Waals surface area contributed by atoms with Crippen molar-refractivity contribution in [3.8, 4) is 0 Å². The normalized spacial score (nSPS) is 11.7. The molecule has 0 spiro atoms. The van der Waals surface area contributed by atoms with Gasteiger partial charge in [-0.15, -0.1) is 0 Å². The van der Waals surface area contributed by atoms with Crippen LogP contribution in [0.3, 0.4) is 0 Å². The molecule has 0 aromatic carbocycles. The van der Waals surface area contributed by atoms with Crippen molar-refractivity contribution in [2.24, 2.45) is 0 Å². The molecule has 0 aromatic heterocycles. The van der Waals surface area contributed by atoms with Gasteiger partial charge < -0.3 is 15.4 Å². The predicted molar refractivity (Wildman–Crippen MR) is 141 cm³/mol. The first-order valence-electron chi connectivity index (χ1n) is 14.3. The van der Waals surface area contributed by atoms with E-state index >= 15 is 0 Å². The number of nitrogens with one attached hydrogen (secondary N) is 2. The number of hydrogen-bond donors (Lipinski definition) is 2. The second kappa shape index (κ2) is 24.5. The monoisotopic (exact) mass is 482 g/mol. The van der Waals surface area contributed by atoms with E-state index < -0.39 is 6.04 Å². The molecule has 0 aliphatic heterocycles. The van der Waals surface area contributed by atoms with Gasteiger partial charge in [0.05, 0.1) is 6.61 Å². The summed E-state index contributed by atoms with van der Waals surface area (Å²) in [6.45, 7) is 7.09. The zero-order chi connectivity index (χ0) is 25.3. The maximum atomic E-state index is 12.2. The molecule has 2 amide bonds. The zero-order valence-corrected chi connectivity index (χ0v) is 22.6. The number of esters is 1. The summed E-state index contributed by atoms with van der Waals surface area (Å²) in [5.74, 6) is -0.332. The Bertz CT molecular complexity index is 511. The summed E-state index contributed by atoms with van der Waals surface area (Å²) in [5, 5.41) is 5.83. The highest BCUT2D eigenvalue weighted by molar-refractivity contribution is 5.84. The predicted octanol–water partition coefficient (Wildman–Crippen LogP) is 6.60. The molecule has 2 N–H and O–H groups in total. The first-order chi connectivity index (χ1) is 16.5. The highest BCUT2D eigenvalue weighted by Crippen LogP contribution is 2.11. The Hall–Kier alpha value is -1.59. The summed E-state index contributed by atoms with van der Waals surface area (Å²) in [7, 11) is 0. The highest BCUT2D eigenvalue weighted by atomic mass is 16.5. The summed E-state index contributed by atoms with van der Waals surface area (Å²) in [4.78, 5) is 36.5. The lowest BCUT2D eigenvalue weighted by Gasteiger charge is -2.17. The van der Waals surface area contributed by atoms with Crippen LogP contribution >= 0.6 is 0 Å². The van der Waals surface area contributed by atoms with E-state index in [-0.39, 0.29) is 17.8 Å². The Balaban J connectivity index is 3.90. The van der Waals surface area contributed by atoms with Crippen molar-refractivity contribution in [2.45, 2.75) is 149 Å². The molecule has 1 atom stereocenters. The van der Waals surface area contributed by atoms with Crippen LogP contribution in [0.5, 0.6) is 0 Å². The molecular formula is C28H54N2O4. The maximum Gasteiger partial charge on any atom is 0.328 e. The minimum atomic E-state index is -0.597. The molecule has 200 valence electrons. The standard InChI is InChI=1S/C28H54N2O4/c1-4-7-9-11-12-13-14-16-17-22-26(31)29-24-20-19-21-25(28(33)34-6-3)30-27(32)23-18-15-10-8-5-2/h25H,4-24H2,1-3H3,(H,29,31)(H,30,32)/t25-/m0/s1. The molecule has 0 unspecified atom stereocenters. The third-order valence-electron chi connectivity index (χ3n) is 6.16. The van der Waals surface area contributed by atoms with Crippen molar-refractivity contribution in [3.63, 3.8) is 0 Å². The van der Waals surface area contributed by atoms with Crippen molar-refractivity contribution in [3.05, 3.63) is 0 Å². The SMILES string of the molecule is CCCCCCCCCCCC(=O)NCCCC[C@H](NC(=O)CCCCCCC)C(=O)OCC. The number of unbranched alkanes of at least 4 members (excludes halogenated alkanes) is 13. The van der Waals surface area contributed by atoms with Gasteiger partial charge in [-0.1, -0.05) is 90.9 Å². The second-order valence-corrected chi connectivity index (χ2v) is 9.46. The van der Waals surface area contributed by atoms with Crippen LogP contribution in [0.1, 0.15) is 143 Å². The molecule has 0 fully saturated rings. The molecule has 0 aliphatic rings. The fraction of sp³-hybridized carbons (Fsp3) is 0.893. The van der Waals surface area contributed by atoms with Crippen LogP contribution in [0.25, 0.3) is 0 Å². The summed E-state index contributed by atoms with van der Waals surface area (Å²) in [6.07, 6.45) is 19.8. The van der Waals surface area contributed by atoms with Crippen LogP contribution in [-0.2, 0) is 19.1 Å². The van der Waals surface area contributed by atoms with E-state index in [1.54, 1.807) is 6.92 Å². The van der Waals surface area contributed by atoms with Gasteiger partial charge >= 0.3 is 5.97 Å². The molecule has 0 rings (SSSR count). The van der Waals surface area contributed by atoms with Gasteiger partial charge in [0.15, 0.2) is 0 Å². The van der Waals surface area contributed by atoms with Crippen LogP contribution in [-0.4, -0.2) is 37.0 Å². The van der Waals surface area contributed by atoms with Crippen LogP contribution < -0.4 is 10.6 Å². The quantitative estimate of drug-likeness (QED) is 0.120. The summed E-state index contributed by atoms with van der Waals surface area (Å²) >= 11 is 0. The maximum absolute atomic E-state index is 12.2. The summed E-state index contributed by atoms with van der Waals surface area (Å²) in [6, 6.07) is -0.597. The van der Waals surface area contributed by atoms with Gasteiger partial charge in [-0.2, -0.15) is 0 Å². The van der Waals surface area contributed by atoms with Gasteiger partial charge in [0, 0.05) is 19.4 Å². The minimum Gasteiger partial charge on any atom is -0.464 e. The third-order valence-corrected chi connectivity index (χ3v) is 6.16. The topological polar surface area (TPSA) is 84.5 Å². The van der Waals surface area contributed by atoms with Crippen molar-refractivity contribution >= 4 is 17.8 Å². The molecule has 0 saturated heterocycles. The molecular weight excluding hydrogens is 428 g/mol. The minimum absolute atomic E-state index is 0.0798. The van der Waals surface area contributed by atoms with Crippen molar-refractivity contribution in [1.82, 2.24) is 10.6 Å². The highest BCUT2D eigenvalue weighted by Gasteiger charge is 2.21. The lowest BCUT2D eigenvalue weighted by molar-refractivity contribution is -0.147. The smallest absolute Gasteiger partial charge is 0.328 e. The van der Waals surface area contributed by atoms with Crippen LogP contribution in [0.15, 0.2) is 0 Å². The zero-order valence-electron chi connectivity index (χ0n) is 22.6. The van der Waals surface area contributed by atoms with Crippen LogP contribution in [0.4, 0.5) is 0 Å². The molecule has 0 radical (unpaired) electrons. The number of ether oxygens (including phenoxy) is 1. The molecule has 0 heterocycles. The fourth-order valence-electron chi connectivity index (χ4n) is 4.03. The Kier molecular flexibility index (Phi) is 23.4. The van der Waals surface area contributed by atoms with Gasteiger partial charge in [-0.25, -0.2) is 4.79 Å². The average molecular weight is 483 g/mol. The van der Waals surface area contributed by atoms with E-state index in [1.165, 1.54) is 57.8 Å².